The largest absolute Gasteiger partial charge is 0.495 e. The van der Waals surface area contributed by atoms with E-state index in [0.29, 0.717) is 22.7 Å². The van der Waals surface area contributed by atoms with Gasteiger partial charge in [0.25, 0.3) is 11.8 Å². The molecule has 0 aliphatic heterocycles. The number of hydrogen-bond donors (Lipinski definition) is 2. The summed E-state index contributed by atoms with van der Waals surface area (Å²) >= 11 is 5.73. The Labute approximate surface area is 194 Å². The fourth-order valence-corrected chi connectivity index (χ4v) is 3.05. The Hall–Kier alpha value is -4.09. The van der Waals surface area contributed by atoms with Gasteiger partial charge in [0, 0.05) is 10.7 Å². The topological polar surface area (TPSA) is 100 Å². The van der Waals surface area contributed by atoms with Crippen LogP contribution >= 0.6 is 11.6 Å². The minimum absolute atomic E-state index is 0.169. The summed E-state index contributed by atoms with van der Waals surface area (Å²) < 4.78 is 24.9. The maximum Gasteiger partial charge on any atom is 0.265 e. The molecule has 3 rings (SSSR count). The Morgan fingerprint density at radius 3 is 2.58 bits per heavy atom. The van der Waals surface area contributed by atoms with E-state index in [9.17, 15) is 14.0 Å². The SMILES string of the molecule is COc1ccc(NC(=O)C(C)Oc2cccc(C#N)c2)cc1NC(=O)c1ccc(Cl)cc1F. The molecule has 0 saturated heterocycles. The quantitative estimate of drug-likeness (QED) is 0.508. The van der Waals surface area contributed by atoms with Crippen LogP contribution in [0.2, 0.25) is 5.02 Å². The second-order valence-electron chi connectivity index (χ2n) is 6.88. The van der Waals surface area contributed by atoms with Crippen LogP contribution in [-0.4, -0.2) is 25.0 Å². The molecule has 7 nitrogen and oxygen atoms in total. The smallest absolute Gasteiger partial charge is 0.265 e. The van der Waals surface area contributed by atoms with Crippen LogP contribution in [-0.2, 0) is 4.79 Å². The van der Waals surface area contributed by atoms with Gasteiger partial charge < -0.3 is 20.1 Å². The number of carbonyl (C=O) groups is 2. The van der Waals surface area contributed by atoms with Crippen LogP contribution in [0.4, 0.5) is 15.8 Å². The third-order valence-corrected chi connectivity index (χ3v) is 4.77. The molecule has 2 amide bonds. The lowest BCUT2D eigenvalue weighted by molar-refractivity contribution is -0.122. The van der Waals surface area contributed by atoms with Crippen molar-refractivity contribution in [3.63, 3.8) is 0 Å². The molecule has 0 aromatic heterocycles. The number of amides is 2. The van der Waals surface area contributed by atoms with Gasteiger partial charge in [0.15, 0.2) is 6.10 Å². The number of nitriles is 1. The number of methoxy groups -OCH3 is 1. The van der Waals surface area contributed by atoms with Crippen molar-refractivity contribution in [3.8, 4) is 17.6 Å². The highest BCUT2D eigenvalue weighted by atomic mass is 35.5. The Kier molecular flexibility index (Phi) is 7.49. The first-order chi connectivity index (χ1) is 15.8. The normalized spacial score (nSPS) is 11.1. The van der Waals surface area contributed by atoms with Crippen molar-refractivity contribution in [3.05, 3.63) is 82.6 Å². The van der Waals surface area contributed by atoms with Crippen LogP contribution in [0.15, 0.2) is 60.7 Å². The maximum atomic E-state index is 14.1. The minimum atomic E-state index is -0.873. The third-order valence-electron chi connectivity index (χ3n) is 4.54. The summed E-state index contributed by atoms with van der Waals surface area (Å²) in [6, 6.07) is 16.8. The molecule has 3 aromatic carbocycles. The molecule has 0 bridgehead atoms. The lowest BCUT2D eigenvalue weighted by Crippen LogP contribution is -2.30. The second kappa shape index (κ2) is 10.5. The average molecular weight is 468 g/mol. The van der Waals surface area contributed by atoms with Crippen molar-refractivity contribution in [2.75, 3.05) is 17.7 Å². The van der Waals surface area contributed by atoms with Crippen molar-refractivity contribution in [2.45, 2.75) is 13.0 Å². The van der Waals surface area contributed by atoms with Crippen molar-refractivity contribution in [2.24, 2.45) is 0 Å². The molecule has 0 aliphatic rings. The fourth-order valence-electron chi connectivity index (χ4n) is 2.89. The number of rotatable bonds is 7. The summed E-state index contributed by atoms with van der Waals surface area (Å²) in [5.74, 6) is -1.24. The van der Waals surface area contributed by atoms with Gasteiger partial charge in [-0.05, 0) is 61.5 Å². The highest BCUT2D eigenvalue weighted by molar-refractivity contribution is 6.30. The van der Waals surface area contributed by atoms with Gasteiger partial charge in [-0.25, -0.2) is 4.39 Å². The molecule has 1 atom stereocenters. The van der Waals surface area contributed by atoms with E-state index < -0.39 is 23.7 Å². The maximum absolute atomic E-state index is 14.1. The van der Waals surface area contributed by atoms with E-state index in [1.807, 2.05) is 6.07 Å². The Balaban J connectivity index is 1.73. The van der Waals surface area contributed by atoms with E-state index in [2.05, 4.69) is 10.6 Å². The molecule has 9 heteroatoms. The second-order valence-corrected chi connectivity index (χ2v) is 7.32. The van der Waals surface area contributed by atoms with Crippen molar-refractivity contribution in [1.82, 2.24) is 0 Å². The minimum Gasteiger partial charge on any atom is -0.495 e. The van der Waals surface area contributed by atoms with E-state index >= 15 is 0 Å². The zero-order chi connectivity index (χ0) is 24.0. The first-order valence-electron chi connectivity index (χ1n) is 9.73. The monoisotopic (exact) mass is 467 g/mol. The molecule has 0 heterocycles. The van der Waals surface area contributed by atoms with Crippen molar-refractivity contribution < 1.29 is 23.5 Å². The number of halogens is 2. The molecule has 0 aliphatic carbocycles. The summed E-state index contributed by atoms with van der Waals surface area (Å²) in [5, 5.41) is 14.4. The van der Waals surface area contributed by atoms with Gasteiger partial charge in [0.1, 0.15) is 17.3 Å². The van der Waals surface area contributed by atoms with Gasteiger partial charge in [-0.2, -0.15) is 5.26 Å². The van der Waals surface area contributed by atoms with Gasteiger partial charge in [0.05, 0.1) is 30.0 Å². The molecule has 0 fully saturated rings. The number of hydrogen-bond acceptors (Lipinski definition) is 5. The number of benzene rings is 3. The predicted octanol–water partition coefficient (Wildman–Crippen LogP) is 5.02. The van der Waals surface area contributed by atoms with E-state index in [1.165, 1.54) is 31.4 Å². The van der Waals surface area contributed by atoms with Crippen LogP contribution in [0.1, 0.15) is 22.8 Å². The summed E-state index contributed by atoms with van der Waals surface area (Å²) in [7, 11) is 1.41. The molecular formula is C24H19ClFN3O4. The van der Waals surface area contributed by atoms with Crippen LogP contribution in [0.5, 0.6) is 11.5 Å². The van der Waals surface area contributed by atoms with Gasteiger partial charge >= 0.3 is 0 Å². The Morgan fingerprint density at radius 1 is 1.09 bits per heavy atom. The van der Waals surface area contributed by atoms with Crippen molar-refractivity contribution in [1.29, 1.82) is 5.26 Å². The molecule has 0 spiro atoms. The Morgan fingerprint density at radius 2 is 1.88 bits per heavy atom. The summed E-state index contributed by atoms with van der Waals surface area (Å²) in [6.07, 6.45) is -0.873. The van der Waals surface area contributed by atoms with Crippen LogP contribution < -0.4 is 20.1 Å². The van der Waals surface area contributed by atoms with Gasteiger partial charge in [0.2, 0.25) is 0 Å². The highest BCUT2D eigenvalue weighted by Crippen LogP contribution is 2.29. The van der Waals surface area contributed by atoms with E-state index in [4.69, 9.17) is 26.3 Å². The Bertz CT molecular complexity index is 1240. The number of ether oxygens (including phenoxy) is 2. The predicted molar refractivity (Wildman–Crippen MR) is 122 cm³/mol. The average Bonchev–Trinajstić information content (AvgIpc) is 2.79. The van der Waals surface area contributed by atoms with E-state index in [0.717, 1.165) is 6.07 Å². The van der Waals surface area contributed by atoms with Crippen LogP contribution in [0.25, 0.3) is 0 Å². The molecule has 168 valence electrons. The van der Waals surface area contributed by atoms with Crippen LogP contribution in [0.3, 0.4) is 0 Å². The molecule has 2 N–H and O–H groups in total. The van der Waals surface area contributed by atoms with E-state index in [1.54, 1.807) is 37.3 Å². The molecule has 33 heavy (non-hydrogen) atoms. The third kappa shape index (κ3) is 5.99. The molecule has 0 radical (unpaired) electrons. The van der Waals surface area contributed by atoms with Crippen molar-refractivity contribution >= 4 is 34.8 Å². The first kappa shape index (κ1) is 23.6. The molecule has 1 unspecified atom stereocenters. The lowest BCUT2D eigenvalue weighted by atomic mass is 10.2. The fraction of sp³-hybridized carbons (Fsp3) is 0.125. The standard InChI is InChI=1S/C24H19ClFN3O4/c1-14(33-18-5-3-4-15(10-18)13-27)23(30)28-17-7-9-22(32-2)21(12-17)29-24(31)19-8-6-16(25)11-20(19)26/h3-12,14H,1-2H3,(H,28,30)(H,29,31). The zero-order valence-corrected chi connectivity index (χ0v) is 18.4. The summed E-state index contributed by atoms with van der Waals surface area (Å²) in [6.45, 7) is 1.56. The lowest BCUT2D eigenvalue weighted by Gasteiger charge is -2.16. The summed E-state index contributed by atoms with van der Waals surface area (Å²) in [4.78, 5) is 25.1. The van der Waals surface area contributed by atoms with Gasteiger partial charge in [-0.15, -0.1) is 0 Å². The zero-order valence-electron chi connectivity index (χ0n) is 17.7. The molecule has 0 saturated carbocycles. The molecular weight excluding hydrogens is 449 g/mol. The van der Waals surface area contributed by atoms with Gasteiger partial charge in [-0.3, -0.25) is 9.59 Å². The number of nitrogens with one attached hydrogen (secondary N) is 2. The summed E-state index contributed by atoms with van der Waals surface area (Å²) in [5.41, 5.74) is 0.795. The van der Waals surface area contributed by atoms with Crippen LogP contribution in [0, 0.1) is 17.1 Å². The highest BCUT2D eigenvalue weighted by Gasteiger charge is 2.18. The van der Waals surface area contributed by atoms with E-state index in [-0.39, 0.29) is 16.3 Å². The number of anilines is 2. The molecule has 3 aromatic rings. The number of nitrogens with zero attached hydrogens (tertiary/aromatic N) is 1. The number of carbonyl (C=O) groups excluding carboxylic acids is 2. The van der Waals surface area contributed by atoms with Gasteiger partial charge in [-0.1, -0.05) is 17.7 Å². The first-order valence-corrected chi connectivity index (χ1v) is 10.1.